The second kappa shape index (κ2) is 12.7. The molecule has 0 spiro atoms. The van der Waals surface area contributed by atoms with Crippen LogP contribution in [0.2, 0.25) is 0 Å². The highest BCUT2D eigenvalue weighted by molar-refractivity contribution is 7.18. The summed E-state index contributed by atoms with van der Waals surface area (Å²) in [5.74, 6) is -1.64. The number of benzene rings is 2. The molecule has 3 rings (SSSR count). The van der Waals surface area contributed by atoms with Crippen LogP contribution in [-0.4, -0.2) is 27.9 Å². The number of unbranched alkanes of at least 4 members (excludes halogenated alkanes) is 2. The molecule has 35 heavy (non-hydrogen) atoms. The summed E-state index contributed by atoms with van der Waals surface area (Å²) in [5.41, 5.74) is 14.4. The lowest BCUT2D eigenvalue weighted by molar-refractivity contribution is -0.137. The number of nitrogens with two attached hydrogens (primary N) is 2. The number of carboxylic acid groups (broad SMARTS) is 1. The first-order valence-corrected chi connectivity index (χ1v) is 12.4. The number of amides is 1. The molecule has 184 valence electrons. The highest BCUT2D eigenvalue weighted by Gasteiger charge is 2.20. The summed E-state index contributed by atoms with van der Waals surface area (Å²) in [4.78, 5) is 33.9. The number of carboxylic acids is 1. The van der Waals surface area contributed by atoms with E-state index >= 15 is 0 Å². The number of nitrogens with one attached hydrogen (secondary N) is 1. The average molecular weight is 494 g/mol. The van der Waals surface area contributed by atoms with E-state index in [1.54, 1.807) is 0 Å². The maximum absolute atomic E-state index is 12.8. The fourth-order valence-electron chi connectivity index (χ4n) is 3.85. The summed E-state index contributed by atoms with van der Waals surface area (Å²) >= 11 is 1.40. The number of carbonyl (C=O) groups is 2. The second-order valence-corrected chi connectivity index (χ2v) is 9.28. The van der Waals surface area contributed by atoms with Gasteiger partial charge >= 0.3 is 5.97 Å². The van der Waals surface area contributed by atoms with Gasteiger partial charge in [0.2, 0.25) is 11.0 Å². The first-order valence-electron chi connectivity index (χ1n) is 11.6. The third kappa shape index (κ3) is 7.92. The van der Waals surface area contributed by atoms with Crippen LogP contribution < -0.4 is 16.8 Å². The van der Waals surface area contributed by atoms with Gasteiger partial charge in [0.1, 0.15) is 0 Å². The van der Waals surface area contributed by atoms with Crippen molar-refractivity contribution in [1.29, 1.82) is 0 Å². The van der Waals surface area contributed by atoms with E-state index in [9.17, 15) is 14.7 Å². The summed E-state index contributed by atoms with van der Waals surface area (Å²) in [6.07, 6.45) is 3.97. The van der Waals surface area contributed by atoms with Crippen molar-refractivity contribution >= 4 is 40.0 Å². The van der Waals surface area contributed by atoms with Gasteiger partial charge in [-0.3, -0.25) is 9.59 Å². The highest BCUT2D eigenvalue weighted by Crippen LogP contribution is 2.36. The summed E-state index contributed by atoms with van der Waals surface area (Å²) < 4.78 is 0. The number of nitrogens with zero attached hydrogens (tertiary/aromatic N) is 2. The lowest BCUT2D eigenvalue weighted by atomic mass is 9.92. The minimum Gasteiger partial charge on any atom is -0.481 e. The van der Waals surface area contributed by atoms with E-state index in [-0.39, 0.29) is 24.7 Å². The third-order valence-electron chi connectivity index (χ3n) is 5.46. The molecule has 0 aliphatic rings. The minimum absolute atomic E-state index is 0.0410. The van der Waals surface area contributed by atoms with Crippen molar-refractivity contribution in [2.45, 2.75) is 51.4 Å². The molecule has 3 aromatic rings. The summed E-state index contributed by atoms with van der Waals surface area (Å²) in [6, 6.07) is 16.8. The predicted molar refractivity (Wildman–Crippen MR) is 141 cm³/mol. The molecule has 8 nitrogen and oxygen atoms in total. The molecule has 1 heterocycles. The van der Waals surface area contributed by atoms with Crippen molar-refractivity contribution in [3.05, 3.63) is 65.9 Å². The van der Waals surface area contributed by atoms with E-state index in [1.807, 2.05) is 54.6 Å². The Kier molecular flexibility index (Phi) is 9.37. The van der Waals surface area contributed by atoms with Crippen molar-refractivity contribution in [2.75, 3.05) is 5.32 Å². The van der Waals surface area contributed by atoms with E-state index in [1.165, 1.54) is 11.3 Å². The van der Waals surface area contributed by atoms with Crippen LogP contribution in [0.3, 0.4) is 0 Å². The number of hydrogen-bond acceptors (Lipinski definition) is 5. The molecule has 9 heteroatoms. The SMILES string of the molecule is CCCCCc1nc(N=C(N)N)sc1-c1cccc(NC(=O)CC(CC(=O)O)c2ccccc2)c1. The summed E-state index contributed by atoms with van der Waals surface area (Å²) in [7, 11) is 0. The maximum Gasteiger partial charge on any atom is 0.303 e. The van der Waals surface area contributed by atoms with Crippen LogP contribution in [0.25, 0.3) is 10.4 Å². The molecule has 0 aliphatic heterocycles. The zero-order chi connectivity index (χ0) is 25.2. The Hall–Kier alpha value is -3.72. The van der Waals surface area contributed by atoms with Crippen molar-refractivity contribution in [1.82, 2.24) is 4.98 Å². The molecule has 1 atom stereocenters. The van der Waals surface area contributed by atoms with Crippen molar-refractivity contribution < 1.29 is 14.7 Å². The number of carbonyl (C=O) groups excluding carboxylic acids is 1. The van der Waals surface area contributed by atoms with E-state index in [0.29, 0.717) is 10.8 Å². The van der Waals surface area contributed by atoms with Crippen LogP contribution in [-0.2, 0) is 16.0 Å². The molecule has 1 aromatic heterocycles. The standard InChI is InChI=1S/C26H31N5O3S/c1-2-3-5-13-21-24(35-26(30-21)31-25(27)28)18-11-8-12-20(14-18)29-22(32)15-19(16-23(33)34)17-9-6-4-7-10-17/h4,6-12,14,19H,2-3,5,13,15-16H2,1H3,(H,29,32)(H,33,34)(H4,27,28,30,31). The molecule has 0 fully saturated rings. The largest absolute Gasteiger partial charge is 0.481 e. The first kappa shape index (κ1) is 25.9. The molecule has 1 amide bonds. The smallest absolute Gasteiger partial charge is 0.303 e. The molecule has 1 unspecified atom stereocenters. The van der Waals surface area contributed by atoms with Crippen molar-refractivity contribution in [3.8, 4) is 10.4 Å². The summed E-state index contributed by atoms with van der Waals surface area (Å²) in [6.45, 7) is 2.15. The van der Waals surface area contributed by atoms with Gasteiger partial charge in [-0.05, 0) is 36.1 Å². The number of thiazole rings is 1. The van der Waals surface area contributed by atoms with Crippen LogP contribution in [0.15, 0.2) is 59.6 Å². The monoisotopic (exact) mass is 493 g/mol. The molecule has 6 N–H and O–H groups in total. The van der Waals surface area contributed by atoms with Crippen molar-refractivity contribution in [2.24, 2.45) is 16.5 Å². The number of aromatic nitrogens is 1. The van der Waals surface area contributed by atoms with Crippen LogP contribution in [0.1, 0.15) is 56.2 Å². The Bertz CT molecular complexity index is 1170. The van der Waals surface area contributed by atoms with E-state index in [4.69, 9.17) is 11.5 Å². The number of anilines is 1. The lowest BCUT2D eigenvalue weighted by Gasteiger charge is -2.15. The Balaban J connectivity index is 1.79. The zero-order valence-corrected chi connectivity index (χ0v) is 20.6. The number of aliphatic imine (C=N–C) groups is 1. The normalized spacial score (nSPS) is 11.6. The number of aliphatic carboxylic acids is 1. The zero-order valence-electron chi connectivity index (χ0n) is 19.7. The minimum atomic E-state index is -0.939. The van der Waals surface area contributed by atoms with Gasteiger partial charge in [-0.1, -0.05) is 73.6 Å². The molecule has 0 aliphatic carbocycles. The molecule has 2 aromatic carbocycles. The Morgan fingerprint density at radius 1 is 1.09 bits per heavy atom. The second-order valence-electron chi connectivity index (χ2n) is 8.30. The van der Waals surface area contributed by atoms with Crippen LogP contribution >= 0.6 is 11.3 Å². The number of guanidine groups is 1. The fraction of sp³-hybridized carbons (Fsp3) is 0.308. The third-order valence-corrected chi connectivity index (χ3v) is 6.50. The molecule has 0 saturated carbocycles. The van der Waals surface area contributed by atoms with Gasteiger partial charge in [0.25, 0.3) is 0 Å². The predicted octanol–water partition coefficient (Wildman–Crippen LogP) is 5.03. The number of hydrogen-bond donors (Lipinski definition) is 4. The van der Waals surface area contributed by atoms with Gasteiger partial charge in [0.05, 0.1) is 17.0 Å². The van der Waals surface area contributed by atoms with Crippen LogP contribution in [0.5, 0.6) is 0 Å². The van der Waals surface area contributed by atoms with E-state index < -0.39 is 11.9 Å². The molecular formula is C26H31N5O3S. The number of aryl methyl sites for hydroxylation is 1. The lowest BCUT2D eigenvalue weighted by Crippen LogP contribution is -2.21. The topological polar surface area (TPSA) is 144 Å². The molecular weight excluding hydrogens is 462 g/mol. The van der Waals surface area contributed by atoms with E-state index in [2.05, 4.69) is 22.2 Å². The maximum atomic E-state index is 12.8. The van der Waals surface area contributed by atoms with Gasteiger partial charge in [-0.2, -0.15) is 4.99 Å². The Morgan fingerprint density at radius 3 is 2.54 bits per heavy atom. The fourth-order valence-corrected chi connectivity index (χ4v) is 4.85. The van der Waals surface area contributed by atoms with Gasteiger partial charge < -0.3 is 21.9 Å². The van der Waals surface area contributed by atoms with Gasteiger partial charge in [0, 0.05) is 18.0 Å². The van der Waals surface area contributed by atoms with Gasteiger partial charge in [-0.25, -0.2) is 4.98 Å². The summed E-state index contributed by atoms with van der Waals surface area (Å²) in [5, 5.41) is 12.7. The van der Waals surface area contributed by atoms with Crippen LogP contribution in [0, 0.1) is 0 Å². The molecule has 0 bridgehead atoms. The average Bonchev–Trinajstić information content (AvgIpc) is 3.21. The Labute approximate surface area is 209 Å². The van der Waals surface area contributed by atoms with Crippen LogP contribution in [0.4, 0.5) is 10.8 Å². The quantitative estimate of drug-likeness (QED) is 0.158. The molecule has 0 radical (unpaired) electrons. The molecule has 0 saturated heterocycles. The highest BCUT2D eigenvalue weighted by atomic mass is 32.1. The number of rotatable bonds is 12. The van der Waals surface area contributed by atoms with Crippen molar-refractivity contribution in [3.63, 3.8) is 0 Å². The first-order chi connectivity index (χ1) is 16.9. The van der Waals surface area contributed by atoms with Gasteiger partial charge in [-0.15, -0.1) is 0 Å². The Morgan fingerprint density at radius 2 is 1.86 bits per heavy atom. The van der Waals surface area contributed by atoms with E-state index in [0.717, 1.165) is 47.4 Å². The van der Waals surface area contributed by atoms with Gasteiger partial charge in [0.15, 0.2) is 5.96 Å².